The molecule has 0 spiro atoms. The third-order valence-electron chi connectivity index (χ3n) is 5.09. The first-order valence-electron chi connectivity index (χ1n) is 9.84. The lowest BCUT2D eigenvalue weighted by molar-refractivity contribution is -0.113. The third-order valence-corrected chi connectivity index (χ3v) is 6.14. The van der Waals surface area contributed by atoms with Gasteiger partial charge in [-0.1, -0.05) is 54.6 Å². The van der Waals surface area contributed by atoms with E-state index in [-0.39, 0.29) is 5.91 Å². The van der Waals surface area contributed by atoms with Crippen LogP contribution in [0.15, 0.2) is 83.9 Å². The van der Waals surface area contributed by atoms with Crippen LogP contribution in [-0.4, -0.2) is 23.3 Å². The molecule has 0 aliphatic rings. The minimum absolute atomic E-state index is 0.0553. The first-order valence-corrected chi connectivity index (χ1v) is 10.8. The molecule has 5 heteroatoms. The van der Waals surface area contributed by atoms with Crippen molar-refractivity contribution in [3.05, 3.63) is 90.1 Å². The van der Waals surface area contributed by atoms with Gasteiger partial charge in [0.15, 0.2) is 0 Å². The van der Waals surface area contributed by atoms with E-state index >= 15 is 0 Å². The molecule has 4 nitrogen and oxygen atoms in total. The van der Waals surface area contributed by atoms with Crippen molar-refractivity contribution in [2.45, 2.75) is 18.4 Å². The number of anilines is 1. The van der Waals surface area contributed by atoms with Crippen LogP contribution in [0, 0.1) is 6.92 Å². The summed E-state index contributed by atoms with van der Waals surface area (Å²) in [5.74, 6) is 0.932. The molecule has 0 atom stereocenters. The van der Waals surface area contributed by atoms with Gasteiger partial charge in [-0.05, 0) is 36.2 Å². The number of hydrogen-bond donors (Lipinski definition) is 1. The Morgan fingerprint density at radius 2 is 1.73 bits per heavy atom. The Balaban J connectivity index is 1.52. The highest BCUT2D eigenvalue weighted by Crippen LogP contribution is 2.31. The molecule has 0 aliphatic heterocycles. The van der Waals surface area contributed by atoms with Crippen molar-refractivity contribution >= 4 is 34.3 Å². The van der Waals surface area contributed by atoms with Crippen LogP contribution in [0.25, 0.3) is 10.9 Å². The summed E-state index contributed by atoms with van der Waals surface area (Å²) in [6.45, 7) is 2.94. The number of nitrogens with zero attached hydrogens (tertiary/aromatic N) is 1. The number of carbonyl (C=O) groups is 1. The highest BCUT2D eigenvalue weighted by atomic mass is 32.2. The second-order valence-corrected chi connectivity index (χ2v) is 8.12. The Kier molecular flexibility index (Phi) is 6.10. The summed E-state index contributed by atoms with van der Waals surface area (Å²) in [6.07, 6.45) is 2.15. The van der Waals surface area contributed by atoms with Crippen molar-refractivity contribution < 1.29 is 9.53 Å². The Bertz CT molecular complexity index is 1180. The van der Waals surface area contributed by atoms with Gasteiger partial charge in [-0.2, -0.15) is 0 Å². The first kappa shape index (κ1) is 20.1. The van der Waals surface area contributed by atoms with Crippen molar-refractivity contribution in [2.24, 2.45) is 0 Å². The van der Waals surface area contributed by atoms with Gasteiger partial charge in [0.05, 0.1) is 18.6 Å². The summed E-state index contributed by atoms with van der Waals surface area (Å²) >= 11 is 1.55. The molecule has 1 N–H and O–H groups in total. The van der Waals surface area contributed by atoms with Crippen LogP contribution in [0.5, 0.6) is 5.75 Å². The predicted octanol–water partition coefficient (Wildman–Crippen LogP) is 5.74. The van der Waals surface area contributed by atoms with E-state index in [1.165, 1.54) is 22.0 Å². The number of fused-ring (bicyclic) bond motifs is 1. The van der Waals surface area contributed by atoms with Gasteiger partial charge in [-0.3, -0.25) is 4.79 Å². The Morgan fingerprint density at radius 1 is 1.00 bits per heavy atom. The van der Waals surface area contributed by atoms with Gasteiger partial charge in [0.25, 0.3) is 0 Å². The van der Waals surface area contributed by atoms with Gasteiger partial charge < -0.3 is 14.6 Å². The Hall–Kier alpha value is -3.18. The van der Waals surface area contributed by atoms with Crippen LogP contribution >= 0.6 is 11.8 Å². The molecule has 1 aromatic heterocycles. The highest BCUT2D eigenvalue weighted by molar-refractivity contribution is 8.00. The van der Waals surface area contributed by atoms with E-state index in [1.54, 1.807) is 18.9 Å². The number of ether oxygens (including phenoxy) is 1. The van der Waals surface area contributed by atoms with Crippen LogP contribution in [0.2, 0.25) is 0 Å². The number of para-hydroxylation sites is 3. The number of rotatable bonds is 7. The summed E-state index contributed by atoms with van der Waals surface area (Å²) < 4.78 is 7.57. The zero-order chi connectivity index (χ0) is 20.9. The van der Waals surface area contributed by atoms with E-state index in [0.29, 0.717) is 17.2 Å². The van der Waals surface area contributed by atoms with Crippen molar-refractivity contribution in [3.63, 3.8) is 0 Å². The van der Waals surface area contributed by atoms with Crippen LogP contribution in [0.3, 0.4) is 0 Å². The first-order chi connectivity index (χ1) is 14.7. The zero-order valence-electron chi connectivity index (χ0n) is 17.1. The summed E-state index contributed by atoms with van der Waals surface area (Å²) in [6, 6.07) is 24.2. The smallest absolute Gasteiger partial charge is 0.234 e. The molecule has 1 heterocycles. The number of aryl methyl sites for hydroxylation is 1. The molecule has 3 aromatic carbocycles. The van der Waals surface area contributed by atoms with Crippen molar-refractivity contribution in [3.8, 4) is 5.75 Å². The summed E-state index contributed by atoms with van der Waals surface area (Å²) in [4.78, 5) is 13.6. The number of methoxy groups -OCH3 is 1. The van der Waals surface area contributed by atoms with E-state index in [4.69, 9.17) is 4.74 Å². The number of aromatic nitrogens is 1. The van der Waals surface area contributed by atoms with Gasteiger partial charge >= 0.3 is 0 Å². The fourth-order valence-corrected chi connectivity index (χ4v) is 4.40. The molecule has 1 amide bonds. The quantitative estimate of drug-likeness (QED) is 0.391. The van der Waals surface area contributed by atoms with Gasteiger partial charge in [-0.15, -0.1) is 11.8 Å². The molecular weight excluding hydrogens is 392 g/mol. The molecule has 0 saturated heterocycles. The normalized spacial score (nSPS) is 10.9. The second-order valence-electron chi connectivity index (χ2n) is 7.10. The minimum atomic E-state index is -0.0553. The summed E-state index contributed by atoms with van der Waals surface area (Å²) in [5, 5.41) is 4.11. The lowest BCUT2D eigenvalue weighted by Gasteiger charge is -2.09. The summed E-state index contributed by atoms with van der Waals surface area (Å²) in [7, 11) is 1.60. The van der Waals surface area contributed by atoms with E-state index < -0.39 is 0 Å². The minimum Gasteiger partial charge on any atom is -0.495 e. The molecule has 0 fully saturated rings. The molecule has 0 bridgehead atoms. The molecule has 0 aliphatic carbocycles. The molecule has 4 rings (SSSR count). The Labute approximate surface area is 180 Å². The fraction of sp³-hybridized carbons (Fsp3) is 0.160. The molecule has 30 heavy (non-hydrogen) atoms. The van der Waals surface area contributed by atoms with Crippen molar-refractivity contribution in [2.75, 3.05) is 18.2 Å². The molecule has 0 unspecified atom stereocenters. The standard InChI is InChI=1S/C25H24N2O2S/c1-18-9-3-4-10-19(18)15-27-16-24(20-11-5-7-13-22(20)27)30-17-25(28)26-21-12-6-8-14-23(21)29-2/h3-14,16H,15,17H2,1-2H3,(H,26,28). The lowest BCUT2D eigenvalue weighted by Crippen LogP contribution is -2.14. The number of hydrogen-bond acceptors (Lipinski definition) is 3. The van der Waals surface area contributed by atoms with E-state index in [1.807, 2.05) is 30.3 Å². The molecular formula is C25H24N2O2S. The fourth-order valence-electron chi connectivity index (χ4n) is 3.51. The van der Waals surface area contributed by atoms with Gasteiger partial charge in [0.2, 0.25) is 5.91 Å². The molecule has 0 saturated carbocycles. The average Bonchev–Trinajstić information content (AvgIpc) is 3.12. The monoisotopic (exact) mass is 416 g/mol. The number of thioether (sulfide) groups is 1. The van der Waals surface area contributed by atoms with Gasteiger partial charge in [-0.25, -0.2) is 0 Å². The number of amides is 1. The zero-order valence-corrected chi connectivity index (χ0v) is 17.9. The van der Waals surface area contributed by atoms with Crippen LogP contribution in [-0.2, 0) is 11.3 Å². The topological polar surface area (TPSA) is 43.3 Å². The highest BCUT2D eigenvalue weighted by Gasteiger charge is 2.13. The largest absolute Gasteiger partial charge is 0.495 e. The lowest BCUT2D eigenvalue weighted by atomic mass is 10.1. The SMILES string of the molecule is COc1ccccc1NC(=O)CSc1cn(Cc2ccccc2C)c2ccccc12. The third kappa shape index (κ3) is 4.36. The average molecular weight is 417 g/mol. The van der Waals surface area contributed by atoms with Crippen LogP contribution in [0.4, 0.5) is 5.69 Å². The molecule has 152 valence electrons. The molecule has 0 radical (unpaired) electrons. The number of nitrogens with one attached hydrogen (secondary N) is 1. The van der Waals surface area contributed by atoms with Crippen molar-refractivity contribution in [1.82, 2.24) is 4.57 Å². The van der Waals surface area contributed by atoms with Crippen LogP contribution < -0.4 is 10.1 Å². The maximum atomic E-state index is 12.5. The maximum absolute atomic E-state index is 12.5. The van der Waals surface area contributed by atoms with E-state index in [2.05, 4.69) is 65.5 Å². The number of carbonyl (C=O) groups excluding carboxylic acids is 1. The summed E-state index contributed by atoms with van der Waals surface area (Å²) in [5.41, 5.74) is 4.44. The van der Waals surface area contributed by atoms with Crippen LogP contribution in [0.1, 0.15) is 11.1 Å². The predicted molar refractivity (Wildman–Crippen MR) is 125 cm³/mol. The van der Waals surface area contributed by atoms with E-state index in [9.17, 15) is 4.79 Å². The van der Waals surface area contributed by atoms with Crippen molar-refractivity contribution in [1.29, 1.82) is 0 Å². The second kappa shape index (κ2) is 9.09. The maximum Gasteiger partial charge on any atom is 0.234 e. The van der Waals surface area contributed by atoms with Gasteiger partial charge in [0, 0.05) is 28.5 Å². The Morgan fingerprint density at radius 3 is 2.57 bits per heavy atom. The number of benzene rings is 3. The molecule has 4 aromatic rings. The van der Waals surface area contributed by atoms with Gasteiger partial charge in [0.1, 0.15) is 5.75 Å². The van der Waals surface area contributed by atoms with E-state index in [0.717, 1.165) is 11.4 Å².